The quantitative estimate of drug-likeness (QED) is 0.180. The van der Waals surface area contributed by atoms with Gasteiger partial charge in [0.1, 0.15) is 11.4 Å². The van der Waals surface area contributed by atoms with Crippen molar-refractivity contribution in [3.63, 3.8) is 0 Å². The number of hydrogen-bond donors (Lipinski definition) is 3. The third-order valence-electron chi connectivity index (χ3n) is 6.84. The summed E-state index contributed by atoms with van der Waals surface area (Å²) in [4.78, 5) is 29.6. The Balaban J connectivity index is 1.32. The van der Waals surface area contributed by atoms with E-state index in [-0.39, 0.29) is 34.7 Å². The van der Waals surface area contributed by atoms with Gasteiger partial charge in [0.05, 0.1) is 34.7 Å². The van der Waals surface area contributed by atoms with Crippen LogP contribution < -0.4 is 10.6 Å². The molecule has 0 bridgehead atoms. The summed E-state index contributed by atoms with van der Waals surface area (Å²) in [5, 5.41) is 19.9. The molecule has 3 N–H and O–H groups in total. The monoisotopic (exact) mass is 651 g/mol. The molecule has 0 saturated carbocycles. The number of alkyl halides is 3. The van der Waals surface area contributed by atoms with E-state index in [1.807, 2.05) is 0 Å². The molecule has 0 spiro atoms. The van der Waals surface area contributed by atoms with E-state index in [9.17, 15) is 27.9 Å². The van der Waals surface area contributed by atoms with Crippen molar-refractivity contribution in [1.82, 2.24) is 20.1 Å². The van der Waals surface area contributed by atoms with Gasteiger partial charge in [-0.15, -0.1) is 0 Å². The van der Waals surface area contributed by atoms with E-state index in [1.54, 1.807) is 79.2 Å². The van der Waals surface area contributed by atoms with Crippen molar-refractivity contribution in [2.75, 3.05) is 5.32 Å². The van der Waals surface area contributed by atoms with Gasteiger partial charge in [-0.25, -0.2) is 4.98 Å². The first-order valence-corrected chi connectivity index (χ1v) is 13.9. The average molecular weight is 652 g/mol. The summed E-state index contributed by atoms with van der Waals surface area (Å²) in [6, 6.07) is 18.9. The molecule has 12 heteroatoms. The smallest absolute Gasteiger partial charge is 0.433 e. The first-order valence-electron chi connectivity index (χ1n) is 13.1. The third kappa shape index (κ3) is 6.69. The second-order valence-electron chi connectivity index (χ2n) is 9.92. The fraction of sp³-hybridized carbons (Fsp3) is 0.161. The Morgan fingerprint density at radius 2 is 1.70 bits per heavy atom. The minimum absolute atomic E-state index is 0.0452. The zero-order valence-electron chi connectivity index (χ0n) is 23.0. The largest absolute Gasteiger partial charge is 0.508 e. The summed E-state index contributed by atoms with van der Waals surface area (Å²) in [6.07, 6.45) is -4.73. The van der Waals surface area contributed by atoms with E-state index < -0.39 is 17.8 Å². The molecule has 220 valence electrons. The number of rotatable bonds is 7. The average Bonchev–Trinajstić information content (AvgIpc) is 3.22. The number of amides is 2. The van der Waals surface area contributed by atoms with Crippen LogP contribution in [0.5, 0.6) is 5.75 Å². The zero-order valence-corrected chi connectivity index (χ0v) is 24.5. The van der Waals surface area contributed by atoms with Crippen LogP contribution in [0.1, 0.15) is 48.9 Å². The minimum atomic E-state index is -4.73. The van der Waals surface area contributed by atoms with Gasteiger partial charge in [0, 0.05) is 22.0 Å². The Morgan fingerprint density at radius 3 is 2.40 bits per heavy atom. The maximum Gasteiger partial charge on any atom is 0.433 e. The van der Waals surface area contributed by atoms with Gasteiger partial charge in [0.2, 0.25) is 0 Å². The summed E-state index contributed by atoms with van der Waals surface area (Å²) in [7, 11) is 0. The van der Waals surface area contributed by atoms with Gasteiger partial charge in [0.25, 0.3) is 11.8 Å². The molecule has 2 amide bonds. The molecule has 3 aromatic carbocycles. The summed E-state index contributed by atoms with van der Waals surface area (Å²) in [5.41, 5.74) is 2.27. The van der Waals surface area contributed by atoms with E-state index >= 15 is 0 Å². The number of aromatic hydroxyl groups is 1. The highest BCUT2D eigenvalue weighted by Crippen LogP contribution is 2.33. The molecule has 0 fully saturated rings. The standard InChI is InChI=1S/C31H25BrF3N5O3/c1-17-28(38-30(43)25-14-27(31(33,34)35)37-26-11-10-22(32)13-24(25)26)18(2)40(39-17)16-19-6-8-21(9-7-19)29(42)36-15-20-4-3-5-23(41)12-20/h3-14,41H,15-16H2,1-2H3,(H,36,42)(H,38,43). The SMILES string of the molecule is Cc1nn(Cc2ccc(C(=O)NCc3cccc(O)c3)cc2)c(C)c1NC(=O)c1cc(C(F)(F)F)nc2ccc(Br)cc12. The highest BCUT2D eigenvalue weighted by Gasteiger charge is 2.34. The maximum atomic E-state index is 13.5. The van der Waals surface area contributed by atoms with E-state index in [2.05, 4.69) is 36.6 Å². The van der Waals surface area contributed by atoms with E-state index in [1.165, 1.54) is 6.07 Å². The van der Waals surface area contributed by atoms with Crippen molar-refractivity contribution in [1.29, 1.82) is 0 Å². The number of carbonyl (C=O) groups is 2. The second kappa shape index (κ2) is 11.9. The summed E-state index contributed by atoms with van der Waals surface area (Å²) in [6.45, 7) is 4.04. The van der Waals surface area contributed by atoms with Crippen molar-refractivity contribution in [3.05, 3.63) is 117 Å². The lowest BCUT2D eigenvalue weighted by molar-refractivity contribution is -0.141. The summed E-state index contributed by atoms with van der Waals surface area (Å²) in [5.74, 6) is -0.865. The number of phenolic OH excluding ortho intramolecular Hbond substituents is 1. The number of halogens is 4. The lowest BCUT2D eigenvalue weighted by Gasteiger charge is -2.13. The van der Waals surface area contributed by atoms with Crippen LogP contribution in [0.25, 0.3) is 10.9 Å². The van der Waals surface area contributed by atoms with Crippen molar-refractivity contribution < 1.29 is 27.9 Å². The maximum absolute atomic E-state index is 13.5. The summed E-state index contributed by atoms with van der Waals surface area (Å²) < 4.78 is 42.9. The molecule has 8 nitrogen and oxygen atoms in total. The predicted octanol–water partition coefficient (Wildman–Crippen LogP) is 6.77. The molecule has 0 aliphatic carbocycles. The van der Waals surface area contributed by atoms with Gasteiger partial charge in [-0.3, -0.25) is 14.3 Å². The van der Waals surface area contributed by atoms with Gasteiger partial charge in [0.15, 0.2) is 0 Å². The van der Waals surface area contributed by atoms with Gasteiger partial charge < -0.3 is 15.7 Å². The van der Waals surface area contributed by atoms with Gasteiger partial charge in [-0.05, 0) is 73.5 Å². The van der Waals surface area contributed by atoms with Crippen LogP contribution in [-0.2, 0) is 19.3 Å². The van der Waals surface area contributed by atoms with Gasteiger partial charge in [-0.1, -0.05) is 40.2 Å². The number of hydrogen-bond acceptors (Lipinski definition) is 5. The number of benzene rings is 3. The van der Waals surface area contributed by atoms with E-state index in [0.717, 1.165) is 17.2 Å². The van der Waals surface area contributed by atoms with Crippen LogP contribution in [0.4, 0.5) is 18.9 Å². The molecule has 0 aliphatic heterocycles. The first-order chi connectivity index (χ1) is 20.4. The van der Waals surface area contributed by atoms with Crippen LogP contribution in [0, 0.1) is 13.8 Å². The first kappa shape index (κ1) is 29.8. The Bertz CT molecular complexity index is 1850. The fourth-order valence-electron chi connectivity index (χ4n) is 4.63. The molecule has 0 atom stereocenters. The number of nitrogens with zero attached hydrogens (tertiary/aromatic N) is 3. The van der Waals surface area contributed by atoms with Gasteiger partial charge >= 0.3 is 6.18 Å². The number of phenols is 1. The lowest BCUT2D eigenvalue weighted by Crippen LogP contribution is -2.22. The van der Waals surface area contributed by atoms with Gasteiger partial charge in [-0.2, -0.15) is 18.3 Å². The highest BCUT2D eigenvalue weighted by molar-refractivity contribution is 9.10. The topological polar surface area (TPSA) is 109 Å². The molecule has 5 aromatic rings. The van der Waals surface area contributed by atoms with Crippen LogP contribution in [0.3, 0.4) is 0 Å². The Morgan fingerprint density at radius 1 is 0.953 bits per heavy atom. The van der Waals surface area contributed by atoms with Crippen LogP contribution in [0.15, 0.2) is 77.3 Å². The van der Waals surface area contributed by atoms with Crippen molar-refractivity contribution in [2.45, 2.75) is 33.1 Å². The summed E-state index contributed by atoms with van der Waals surface area (Å²) >= 11 is 3.31. The highest BCUT2D eigenvalue weighted by atomic mass is 79.9. The number of aryl methyl sites for hydroxylation is 1. The van der Waals surface area contributed by atoms with Crippen LogP contribution >= 0.6 is 15.9 Å². The number of anilines is 1. The van der Waals surface area contributed by atoms with Crippen LogP contribution in [-0.4, -0.2) is 31.7 Å². The molecule has 0 saturated heterocycles. The van der Waals surface area contributed by atoms with Crippen LogP contribution in [0.2, 0.25) is 0 Å². The number of fused-ring (bicyclic) bond motifs is 1. The Kier molecular flexibility index (Phi) is 8.23. The number of carbonyl (C=O) groups excluding carboxylic acids is 2. The molecule has 43 heavy (non-hydrogen) atoms. The zero-order chi connectivity index (χ0) is 30.9. The molecule has 0 radical (unpaired) electrons. The Hall–Kier alpha value is -4.71. The van der Waals surface area contributed by atoms with Crippen molar-refractivity contribution >= 4 is 44.3 Å². The Labute approximate surface area is 252 Å². The predicted molar refractivity (Wildman–Crippen MR) is 159 cm³/mol. The number of aromatic nitrogens is 3. The van der Waals surface area contributed by atoms with E-state index in [4.69, 9.17) is 0 Å². The molecule has 2 heterocycles. The molecular weight excluding hydrogens is 627 g/mol. The van der Waals surface area contributed by atoms with E-state index in [0.29, 0.717) is 33.7 Å². The molecule has 0 aliphatic rings. The number of nitrogens with one attached hydrogen (secondary N) is 2. The number of pyridine rings is 1. The molecule has 0 unspecified atom stereocenters. The minimum Gasteiger partial charge on any atom is -0.508 e. The normalized spacial score (nSPS) is 11.5. The van der Waals surface area contributed by atoms with Crippen molar-refractivity contribution in [3.8, 4) is 5.75 Å². The molecule has 5 rings (SSSR count). The second-order valence-corrected chi connectivity index (χ2v) is 10.8. The lowest BCUT2D eigenvalue weighted by atomic mass is 10.1. The molecule has 2 aromatic heterocycles. The fourth-order valence-corrected chi connectivity index (χ4v) is 4.99. The third-order valence-corrected chi connectivity index (χ3v) is 7.33. The van der Waals surface area contributed by atoms with Crippen molar-refractivity contribution in [2.24, 2.45) is 0 Å². The molecular formula is C31H25BrF3N5O3.